The number of ether oxygens (including phenoxy) is 1. The Morgan fingerprint density at radius 2 is 1.42 bits per heavy atom. The van der Waals surface area contributed by atoms with Gasteiger partial charge in [-0.3, -0.25) is 4.79 Å². The number of ketones is 1. The van der Waals surface area contributed by atoms with Crippen molar-refractivity contribution in [2.45, 2.75) is 5.92 Å². The summed E-state index contributed by atoms with van der Waals surface area (Å²) in [5.74, 6) is -3.99. The first kappa shape index (κ1) is 18.2. The first-order valence-electron chi connectivity index (χ1n) is 7.74. The fourth-order valence-corrected chi connectivity index (χ4v) is 3.20. The van der Waals surface area contributed by atoms with Gasteiger partial charge >= 0.3 is 5.92 Å². The van der Waals surface area contributed by atoms with E-state index >= 15 is 0 Å². The molecule has 6 heteroatoms. The van der Waals surface area contributed by atoms with Crippen LogP contribution in [0.15, 0.2) is 78.9 Å². The average Bonchev–Trinajstić information content (AvgIpc) is 2.63. The number of rotatable bonds is 5. The van der Waals surface area contributed by atoms with Crippen LogP contribution in [0, 0.1) is 0 Å². The van der Waals surface area contributed by atoms with Crippen LogP contribution in [0.4, 0.5) is 13.2 Å². The van der Waals surface area contributed by atoms with Gasteiger partial charge in [0.1, 0.15) is 11.5 Å². The molecule has 0 saturated heterocycles. The second-order valence-corrected chi connectivity index (χ2v) is 6.80. The molecule has 0 fully saturated rings. The van der Waals surface area contributed by atoms with Crippen LogP contribution < -0.4 is 10.0 Å². The van der Waals surface area contributed by atoms with E-state index < -0.39 is 20.3 Å². The van der Waals surface area contributed by atoms with Crippen molar-refractivity contribution in [2.75, 3.05) is 0 Å². The summed E-state index contributed by atoms with van der Waals surface area (Å²) in [6, 6.07) is 21.2. The fraction of sp³-hybridized carbons (Fsp3) is 0.0500. The third-order valence-electron chi connectivity index (χ3n) is 3.53. The molecule has 3 aromatic carbocycles. The number of carbonyl (C=O) groups excluding carboxylic acids is 1. The quantitative estimate of drug-likeness (QED) is 0.433. The lowest BCUT2D eigenvalue weighted by Crippen LogP contribution is -2.16. The van der Waals surface area contributed by atoms with E-state index in [1.165, 1.54) is 18.2 Å². The highest BCUT2D eigenvalue weighted by atomic mass is 31.1. The van der Waals surface area contributed by atoms with Crippen molar-refractivity contribution in [3.05, 3.63) is 90.0 Å². The molecule has 2 nitrogen and oxygen atoms in total. The molecule has 0 amide bonds. The molecule has 26 heavy (non-hydrogen) atoms. The van der Waals surface area contributed by atoms with Gasteiger partial charge in [-0.25, -0.2) is 0 Å². The fourth-order valence-electron chi connectivity index (χ4n) is 2.41. The smallest absolute Gasteiger partial charge is 0.406 e. The standard InChI is InChI=1S/C20H14F3O2P/c21-20(22,23)26-18-12-11-16(25-15-9-5-2-6-10-15)13-17(18)19(24)14-7-3-1-4-8-14/h1-13,26H. The SMILES string of the molecule is O=C(c1ccccc1)c1cc(Oc2ccccc2)ccc1PC(F)(F)F. The Balaban J connectivity index is 1.99. The van der Waals surface area contributed by atoms with Gasteiger partial charge in [-0.2, -0.15) is 13.2 Å². The second kappa shape index (κ2) is 7.71. The van der Waals surface area contributed by atoms with E-state index in [1.807, 2.05) is 6.07 Å². The zero-order valence-electron chi connectivity index (χ0n) is 13.5. The molecule has 0 aliphatic rings. The highest BCUT2D eigenvalue weighted by Gasteiger charge is 2.30. The molecule has 1 atom stereocenters. The molecular formula is C20H14F3O2P. The third kappa shape index (κ3) is 4.70. The number of hydrogen-bond donors (Lipinski definition) is 0. The minimum absolute atomic E-state index is 0.000268. The van der Waals surface area contributed by atoms with Crippen LogP contribution in [0.5, 0.6) is 11.5 Å². The number of hydrogen-bond acceptors (Lipinski definition) is 2. The third-order valence-corrected chi connectivity index (χ3v) is 4.52. The van der Waals surface area contributed by atoms with E-state index in [4.69, 9.17) is 4.74 Å². The molecule has 0 spiro atoms. The van der Waals surface area contributed by atoms with Gasteiger partial charge in [0, 0.05) is 19.7 Å². The molecule has 3 aromatic rings. The number of benzene rings is 3. The van der Waals surface area contributed by atoms with Crippen LogP contribution >= 0.6 is 8.58 Å². The van der Waals surface area contributed by atoms with Crippen LogP contribution in [-0.2, 0) is 0 Å². The van der Waals surface area contributed by atoms with Gasteiger partial charge in [0.05, 0.1) is 0 Å². The molecule has 0 aliphatic carbocycles. The molecule has 0 aromatic heterocycles. The van der Waals surface area contributed by atoms with Gasteiger partial charge < -0.3 is 4.74 Å². The van der Waals surface area contributed by atoms with Crippen LogP contribution in [0.1, 0.15) is 15.9 Å². The largest absolute Gasteiger partial charge is 0.457 e. The molecule has 0 heterocycles. The minimum atomic E-state index is -4.38. The summed E-state index contributed by atoms with van der Waals surface area (Å²) < 4.78 is 44.4. The van der Waals surface area contributed by atoms with Crippen LogP contribution in [0.25, 0.3) is 0 Å². The predicted octanol–water partition coefficient (Wildman–Crippen LogP) is 5.53. The van der Waals surface area contributed by atoms with Crippen LogP contribution in [0.3, 0.4) is 0 Å². The Bertz CT molecular complexity index is 894. The van der Waals surface area contributed by atoms with E-state index in [0.29, 0.717) is 17.1 Å². The maximum Gasteiger partial charge on any atom is 0.406 e. The lowest BCUT2D eigenvalue weighted by molar-refractivity contribution is -0.0359. The summed E-state index contributed by atoms with van der Waals surface area (Å²) in [6.07, 6.45) is 0. The van der Waals surface area contributed by atoms with Gasteiger partial charge in [0.25, 0.3) is 0 Å². The summed E-state index contributed by atoms with van der Waals surface area (Å²) in [6.45, 7) is 0. The second-order valence-electron chi connectivity index (χ2n) is 5.44. The van der Waals surface area contributed by atoms with Gasteiger partial charge in [-0.1, -0.05) is 54.6 Å². The Kier molecular flexibility index (Phi) is 5.38. The Labute approximate surface area is 150 Å². The number of alkyl halides is 3. The lowest BCUT2D eigenvalue weighted by Gasteiger charge is -2.14. The van der Waals surface area contributed by atoms with Crippen LogP contribution in [-0.4, -0.2) is 11.7 Å². The molecule has 132 valence electrons. The maximum atomic E-state index is 12.9. The minimum Gasteiger partial charge on any atom is -0.457 e. The highest BCUT2D eigenvalue weighted by Crippen LogP contribution is 2.37. The number of halogens is 3. The maximum absolute atomic E-state index is 12.9. The lowest BCUT2D eigenvalue weighted by atomic mass is 10.0. The van der Waals surface area contributed by atoms with Gasteiger partial charge in [0.15, 0.2) is 5.78 Å². The zero-order chi connectivity index (χ0) is 18.6. The van der Waals surface area contributed by atoms with Gasteiger partial charge in [-0.05, 0) is 29.6 Å². The van der Waals surface area contributed by atoms with E-state index in [1.54, 1.807) is 54.6 Å². The molecule has 0 bridgehead atoms. The van der Waals surface area contributed by atoms with Gasteiger partial charge in [-0.15, -0.1) is 0 Å². The molecule has 3 rings (SSSR count). The van der Waals surface area contributed by atoms with Gasteiger partial charge in [0.2, 0.25) is 0 Å². The average molecular weight is 374 g/mol. The van der Waals surface area contributed by atoms with Crippen LogP contribution in [0.2, 0.25) is 0 Å². The van der Waals surface area contributed by atoms with Crippen molar-refractivity contribution in [3.63, 3.8) is 0 Å². The van der Waals surface area contributed by atoms with Crippen molar-refractivity contribution in [3.8, 4) is 11.5 Å². The predicted molar refractivity (Wildman–Crippen MR) is 96.8 cm³/mol. The summed E-state index contributed by atoms with van der Waals surface area (Å²) in [5, 5.41) is -0.0493. The van der Waals surface area contributed by atoms with E-state index in [2.05, 4.69) is 0 Å². The van der Waals surface area contributed by atoms with Crippen molar-refractivity contribution >= 4 is 19.7 Å². The Hall–Kier alpha value is -2.65. The Morgan fingerprint density at radius 1 is 0.808 bits per heavy atom. The van der Waals surface area contributed by atoms with Crippen molar-refractivity contribution in [2.24, 2.45) is 0 Å². The number of para-hydroxylation sites is 1. The first-order valence-corrected chi connectivity index (χ1v) is 8.74. The zero-order valence-corrected chi connectivity index (χ0v) is 14.5. The number of carbonyl (C=O) groups is 1. The molecule has 0 aliphatic heterocycles. The van der Waals surface area contributed by atoms with E-state index in [-0.39, 0.29) is 10.9 Å². The van der Waals surface area contributed by atoms with Crippen molar-refractivity contribution in [1.29, 1.82) is 0 Å². The summed E-state index contributed by atoms with van der Waals surface area (Å²) in [7, 11) is -1.46. The Morgan fingerprint density at radius 3 is 2.04 bits per heavy atom. The molecule has 0 radical (unpaired) electrons. The van der Waals surface area contributed by atoms with E-state index in [0.717, 1.165) is 0 Å². The van der Waals surface area contributed by atoms with Crippen molar-refractivity contribution in [1.82, 2.24) is 0 Å². The first-order chi connectivity index (χ1) is 12.4. The van der Waals surface area contributed by atoms with Crippen molar-refractivity contribution < 1.29 is 22.7 Å². The molecule has 0 N–H and O–H groups in total. The van der Waals surface area contributed by atoms with E-state index in [9.17, 15) is 18.0 Å². The summed E-state index contributed by atoms with van der Waals surface area (Å²) in [4.78, 5) is 12.7. The molecule has 1 unspecified atom stereocenters. The topological polar surface area (TPSA) is 26.3 Å². The molecular weight excluding hydrogens is 360 g/mol. The molecule has 0 saturated carbocycles. The summed E-state index contributed by atoms with van der Waals surface area (Å²) in [5.41, 5.74) is 0.331. The highest BCUT2D eigenvalue weighted by molar-refractivity contribution is 7.48. The normalized spacial score (nSPS) is 11.7. The summed E-state index contributed by atoms with van der Waals surface area (Å²) >= 11 is 0. The monoisotopic (exact) mass is 374 g/mol.